The number of nitrogens with zero attached hydrogens (tertiary/aromatic N) is 3. The SMILES string of the molecule is CC=C[P+](c1ccccc1)(c1ccccc1)c1ccccc1.COc1ccc(COc2cnc(CNC(=O)[C@@H]3C=C(C)[C@@H]4CN3C(=O)N4OS(=O)(=O)[O-])cc2OCc2ccc(OC)cc2)cc1. The number of ether oxygens (including phenoxy) is 4. The van der Waals surface area contributed by atoms with E-state index < -0.39 is 41.7 Å². The van der Waals surface area contributed by atoms with Gasteiger partial charge in [0.15, 0.2) is 11.5 Å². The molecule has 2 aliphatic heterocycles. The lowest BCUT2D eigenvalue weighted by atomic mass is 10.0. The van der Waals surface area contributed by atoms with Gasteiger partial charge in [-0.05, 0) is 91.2 Å². The molecule has 5 aromatic carbocycles. The summed E-state index contributed by atoms with van der Waals surface area (Å²) in [5, 5.41) is 7.42. The maximum atomic E-state index is 13.2. The van der Waals surface area contributed by atoms with E-state index in [9.17, 15) is 22.6 Å². The molecule has 8 rings (SSSR count). The zero-order valence-electron chi connectivity index (χ0n) is 37.4. The minimum atomic E-state index is -5.18. The summed E-state index contributed by atoms with van der Waals surface area (Å²) < 4.78 is 60.3. The Morgan fingerprint density at radius 1 is 0.776 bits per heavy atom. The van der Waals surface area contributed by atoms with E-state index in [4.69, 9.17) is 18.9 Å². The van der Waals surface area contributed by atoms with E-state index in [1.165, 1.54) is 28.2 Å². The molecule has 0 unspecified atom stereocenters. The van der Waals surface area contributed by atoms with Crippen molar-refractivity contribution in [2.45, 2.75) is 45.7 Å². The highest BCUT2D eigenvalue weighted by atomic mass is 32.3. The number of methoxy groups -OCH3 is 2. The first-order valence-corrected chi connectivity index (χ1v) is 24.5. The summed E-state index contributed by atoms with van der Waals surface area (Å²) in [6.07, 6.45) is 5.22. The summed E-state index contributed by atoms with van der Waals surface area (Å²) in [6.45, 7) is 4.17. The molecule has 1 saturated heterocycles. The molecule has 67 heavy (non-hydrogen) atoms. The number of hydroxylamine groups is 2. The Kier molecular flexibility index (Phi) is 15.7. The van der Waals surface area contributed by atoms with Gasteiger partial charge in [0.1, 0.15) is 60.0 Å². The molecule has 6 aromatic rings. The fraction of sp³-hybridized carbons (Fsp3) is 0.196. The standard InChI is InChI=1S/C30H32N4O10S.C21H20P/c1-19-12-25(33-16-26(19)34(30(33)36)44-45(37,38)39)29(35)32-14-22-13-27(42-17-20-4-8-23(40-2)9-5-20)28(15-31-22)43-18-21-6-10-24(41-3)11-7-21;1-2-18-22(19-12-6-3-7-13-19,20-14-8-4-9-15-20)21-16-10-5-11-17-21/h4-13,15,25-26H,14,16-18H2,1-3H3,(H,32,35)(H,37,38,39);2-18H,1H3/q;+1/p-1/t25-,26-;/m0./s1. The minimum Gasteiger partial charge on any atom is -0.724 e. The van der Waals surface area contributed by atoms with Gasteiger partial charge >= 0.3 is 6.03 Å². The van der Waals surface area contributed by atoms with E-state index >= 15 is 0 Å². The Hall–Kier alpha value is -7.03. The van der Waals surface area contributed by atoms with Gasteiger partial charge in [-0.3, -0.25) is 9.78 Å². The Bertz CT molecular complexity index is 2680. The highest BCUT2D eigenvalue weighted by molar-refractivity contribution is 7.98. The number of urea groups is 1. The van der Waals surface area contributed by atoms with Crippen molar-refractivity contribution < 1.29 is 45.8 Å². The average molecular weight is 943 g/mol. The molecule has 1 fully saturated rings. The second-order valence-corrected chi connectivity index (χ2v) is 19.7. The van der Waals surface area contributed by atoms with Crippen molar-refractivity contribution in [3.8, 4) is 23.0 Å². The van der Waals surface area contributed by atoms with Crippen molar-refractivity contribution in [1.82, 2.24) is 20.3 Å². The number of rotatable bonds is 17. The molecule has 2 aliphatic rings. The normalized spacial score (nSPS) is 15.6. The van der Waals surface area contributed by atoms with Gasteiger partial charge in [-0.15, -0.1) is 0 Å². The molecule has 2 bridgehead atoms. The quantitative estimate of drug-likeness (QED) is 0.0425. The summed E-state index contributed by atoms with van der Waals surface area (Å²) in [5.41, 5.74) is 2.75. The van der Waals surface area contributed by atoms with E-state index in [1.807, 2.05) is 48.5 Å². The van der Waals surface area contributed by atoms with Crippen molar-refractivity contribution in [3.63, 3.8) is 0 Å². The third kappa shape index (κ3) is 11.7. The molecule has 14 nitrogen and oxygen atoms in total. The number of fused-ring (bicyclic) bond motifs is 2. The smallest absolute Gasteiger partial charge is 0.346 e. The summed E-state index contributed by atoms with van der Waals surface area (Å²) >= 11 is 0. The van der Waals surface area contributed by atoms with E-state index in [2.05, 4.69) is 124 Å². The van der Waals surface area contributed by atoms with Crippen LogP contribution in [0.3, 0.4) is 0 Å². The number of amides is 3. The van der Waals surface area contributed by atoms with Crippen LogP contribution in [-0.4, -0.2) is 72.7 Å². The molecule has 0 spiro atoms. The number of hydrogen-bond donors (Lipinski definition) is 1. The molecule has 1 aromatic heterocycles. The monoisotopic (exact) mass is 942 g/mol. The number of carbonyl (C=O) groups is 2. The van der Waals surface area contributed by atoms with Crippen LogP contribution >= 0.6 is 7.26 Å². The third-order valence-corrected chi connectivity index (χ3v) is 15.5. The van der Waals surface area contributed by atoms with Gasteiger partial charge in [0, 0.05) is 6.07 Å². The number of aromatic nitrogens is 1. The van der Waals surface area contributed by atoms with Crippen molar-refractivity contribution in [3.05, 3.63) is 192 Å². The minimum absolute atomic E-state index is 0.0134. The van der Waals surface area contributed by atoms with E-state index in [1.54, 1.807) is 27.2 Å². The fourth-order valence-electron chi connectivity index (χ4n) is 7.76. The average Bonchev–Trinajstić information content (AvgIpc) is 3.63. The number of carbonyl (C=O) groups excluding carboxylic acids is 2. The third-order valence-electron chi connectivity index (χ3n) is 11.1. The van der Waals surface area contributed by atoms with E-state index in [0.717, 1.165) is 21.8 Å². The number of pyridine rings is 1. The number of benzene rings is 5. The molecule has 0 saturated carbocycles. The van der Waals surface area contributed by atoms with Gasteiger partial charge < -0.3 is 33.7 Å². The van der Waals surface area contributed by atoms with Crippen molar-refractivity contribution in [1.29, 1.82) is 0 Å². The maximum absolute atomic E-state index is 13.2. The Morgan fingerprint density at radius 3 is 1.73 bits per heavy atom. The van der Waals surface area contributed by atoms with Crippen molar-refractivity contribution in [2.24, 2.45) is 0 Å². The van der Waals surface area contributed by atoms with E-state index in [0.29, 0.717) is 33.6 Å². The van der Waals surface area contributed by atoms with Crippen LogP contribution in [0.4, 0.5) is 4.79 Å². The second-order valence-electron chi connectivity index (χ2n) is 15.4. The molecule has 1 N–H and O–H groups in total. The predicted octanol–water partition coefficient (Wildman–Crippen LogP) is 7.21. The Labute approximate surface area is 391 Å². The fourth-order valence-corrected chi connectivity index (χ4v) is 11.9. The molecule has 0 aliphatic carbocycles. The maximum Gasteiger partial charge on any atom is 0.346 e. The zero-order valence-corrected chi connectivity index (χ0v) is 39.1. The van der Waals surface area contributed by atoms with Gasteiger partial charge in [-0.25, -0.2) is 13.2 Å². The predicted molar refractivity (Wildman–Crippen MR) is 257 cm³/mol. The van der Waals surface area contributed by atoms with Gasteiger partial charge in [-0.2, -0.15) is 9.35 Å². The molecule has 346 valence electrons. The summed E-state index contributed by atoms with van der Waals surface area (Å²) in [5.74, 6) is 4.11. The van der Waals surface area contributed by atoms with Gasteiger partial charge in [0.05, 0.1) is 45.0 Å². The van der Waals surface area contributed by atoms with Gasteiger partial charge in [0.25, 0.3) is 0 Å². The first-order chi connectivity index (χ1) is 32.4. The highest BCUT2D eigenvalue weighted by Gasteiger charge is 2.48. The van der Waals surface area contributed by atoms with Crippen LogP contribution in [-0.2, 0) is 39.2 Å². The highest BCUT2D eigenvalue weighted by Crippen LogP contribution is 2.56. The summed E-state index contributed by atoms with van der Waals surface area (Å²) in [6, 6.07) is 46.4. The molecule has 3 heterocycles. The number of hydrogen-bond acceptors (Lipinski definition) is 11. The van der Waals surface area contributed by atoms with Crippen LogP contribution < -0.4 is 40.2 Å². The van der Waals surface area contributed by atoms with Gasteiger partial charge in [0.2, 0.25) is 16.3 Å². The first-order valence-electron chi connectivity index (χ1n) is 21.3. The van der Waals surface area contributed by atoms with Crippen molar-refractivity contribution >= 4 is 45.5 Å². The molecule has 16 heteroatoms. The lowest BCUT2D eigenvalue weighted by molar-refractivity contribution is -0.124. The molecule has 0 radical (unpaired) electrons. The van der Waals surface area contributed by atoms with Crippen molar-refractivity contribution in [2.75, 3.05) is 20.8 Å². The zero-order chi connectivity index (χ0) is 47.4. The molecule has 2 atom stereocenters. The van der Waals surface area contributed by atoms with Crippen LogP contribution in [0.25, 0.3) is 0 Å². The number of nitrogens with one attached hydrogen (secondary N) is 1. The van der Waals surface area contributed by atoms with Crippen LogP contribution in [0.15, 0.2) is 175 Å². The lowest BCUT2D eigenvalue weighted by Gasteiger charge is -2.27. The first kappa shape index (κ1) is 47.9. The molecule has 3 amide bonds. The molecular formula is C51H51N4O10PS. The largest absolute Gasteiger partial charge is 0.724 e. The summed E-state index contributed by atoms with van der Waals surface area (Å²) in [7, 11) is -3.74. The molecular weight excluding hydrogens is 892 g/mol. The van der Waals surface area contributed by atoms with Gasteiger partial charge in [-0.1, -0.05) is 91.0 Å². The lowest BCUT2D eigenvalue weighted by Crippen LogP contribution is -2.48. The topological polar surface area (TPSA) is 169 Å². The van der Waals surface area contributed by atoms with Crippen LogP contribution in [0.2, 0.25) is 0 Å². The van der Waals surface area contributed by atoms with E-state index in [-0.39, 0.29) is 26.3 Å². The number of allylic oxidation sites excluding steroid dienone is 1. The van der Waals surface area contributed by atoms with Crippen LogP contribution in [0.5, 0.6) is 23.0 Å². The summed E-state index contributed by atoms with van der Waals surface area (Å²) in [4.78, 5) is 31.5. The van der Waals surface area contributed by atoms with Crippen LogP contribution in [0.1, 0.15) is 30.7 Å². The Balaban J connectivity index is 0.000000252. The van der Waals surface area contributed by atoms with Crippen LogP contribution in [0, 0.1) is 0 Å². The second kappa shape index (κ2) is 22.0. The Morgan fingerprint density at radius 2 is 1.27 bits per heavy atom.